The predicted octanol–water partition coefficient (Wildman–Crippen LogP) is 2.98. The van der Waals surface area contributed by atoms with Crippen LogP contribution in [0.2, 0.25) is 0 Å². The molecule has 1 aromatic heterocycles. The van der Waals surface area contributed by atoms with Gasteiger partial charge in [-0.25, -0.2) is 0 Å². The molecule has 0 fully saturated rings. The fourth-order valence-corrected chi connectivity index (χ4v) is 1.64. The van der Waals surface area contributed by atoms with Crippen LogP contribution in [0.15, 0.2) is 16.5 Å². The molecule has 17 heavy (non-hydrogen) atoms. The number of halogens is 2. The average molecular weight is 260 g/mol. The summed E-state index contributed by atoms with van der Waals surface area (Å²) in [5.74, 6) is -1.02. The Morgan fingerprint density at radius 1 is 1.47 bits per heavy atom. The summed E-state index contributed by atoms with van der Waals surface area (Å²) in [7, 11) is 0. The lowest BCUT2D eigenvalue weighted by Crippen LogP contribution is -2.19. The molecule has 6 heteroatoms. The van der Waals surface area contributed by atoms with Crippen LogP contribution < -0.4 is 5.32 Å². The van der Waals surface area contributed by atoms with Crippen LogP contribution in [0.5, 0.6) is 0 Å². The minimum absolute atomic E-state index is 0.0566. The highest BCUT2D eigenvalue weighted by Crippen LogP contribution is 2.21. The maximum atomic E-state index is 11.9. The van der Waals surface area contributed by atoms with Crippen molar-refractivity contribution in [1.82, 2.24) is 5.32 Å². The van der Waals surface area contributed by atoms with E-state index in [4.69, 9.17) is 9.68 Å². The first-order valence-electron chi connectivity index (χ1n) is 5.19. The van der Waals surface area contributed by atoms with Crippen LogP contribution in [0.25, 0.3) is 0 Å². The number of hydrogen-bond acceptors (Lipinski definition) is 4. The molecule has 0 saturated carbocycles. The molecule has 1 aromatic rings. The van der Waals surface area contributed by atoms with Crippen molar-refractivity contribution in [2.45, 2.75) is 25.0 Å². The maximum absolute atomic E-state index is 11.9. The van der Waals surface area contributed by atoms with Gasteiger partial charge in [0.05, 0.1) is 24.3 Å². The van der Waals surface area contributed by atoms with Gasteiger partial charge in [-0.1, -0.05) is 11.8 Å². The van der Waals surface area contributed by atoms with Gasteiger partial charge in [-0.2, -0.15) is 14.0 Å². The van der Waals surface area contributed by atoms with E-state index in [2.05, 4.69) is 11.4 Å². The summed E-state index contributed by atoms with van der Waals surface area (Å²) in [5, 5.41) is 11.6. The zero-order valence-corrected chi connectivity index (χ0v) is 10.3. The SMILES string of the molecule is CC(C#N)CNCc1ccc(CSC(F)F)o1. The number of alkyl halides is 2. The van der Waals surface area contributed by atoms with Crippen LogP contribution in [0.4, 0.5) is 8.78 Å². The van der Waals surface area contributed by atoms with Crippen molar-refractivity contribution < 1.29 is 13.2 Å². The van der Waals surface area contributed by atoms with Crippen LogP contribution >= 0.6 is 11.8 Å². The summed E-state index contributed by atoms with van der Waals surface area (Å²) < 4.78 is 29.2. The third-order valence-electron chi connectivity index (χ3n) is 2.04. The molecule has 0 amide bonds. The molecule has 3 nitrogen and oxygen atoms in total. The van der Waals surface area contributed by atoms with E-state index in [1.165, 1.54) is 0 Å². The lowest BCUT2D eigenvalue weighted by Gasteiger charge is -2.03. The van der Waals surface area contributed by atoms with Gasteiger partial charge in [0, 0.05) is 6.54 Å². The fourth-order valence-electron chi connectivity index (χ4n) is 1.20. The van der Waals surface area contributed by atoms with Crippen LogP contribution in [0, 0.1) is 17.2 Å². The number of hydrogen-bond donors (Lipinski definition) is 1. The van der Waals surface area contributed by atoms with Crippen molar-refractivity contribution in [3.8, 4) is 6.07 Å². The second kappa shape index (κ2) is 7.30. The molecule has 0 saturated heterocycles. The minimum Gasteiger partial charge on any atom is -0.464 e. The zero-order chi connectivity index (χ0) is 12.7. The Morgan fingerprint density at radius 3 is 2.82 bits per heavy atom. The highest BCUT2D eigenvalue weighted by Gasteiger charge is 2.07. The zero-order valence-electron chi connectivity index (χ0n) is 9.45. The van der Waals surface area contributed by atoms with E-state index in [-0.39, 0.29) is 11.7 Å². The normalized spacial score (nSPS) is 12.6. The monoisotopic (exact) mass is 260 g/mol. The Bertz CT molecular complexity index is 376. The molecule has 0 aliphatic carbocycles. The summed E-state index contributed by atoms with van der Waals surface area (Å²) >= 11 is 0.539. The van der Waals surface area contributed by atoms with Crippen molar-refractivity contribution in [2.24, 2.45) is 5.92 Å². The molecule has 94 valence electrons. The predicted molar refractivity (Wildman–Crippen MR) is 62.5 cm³/mol. The first kappa shape index (κ1) is 14.0. The Balaban J connectivity index is 2.28. The van der Waals surface area contributed by atoms with E-state index in [1.807, 2.05) is 6.92 Å². The summed E-state index contributed by atoms with van der Waals surface area (Å²) in [6, 6.07) is 5.56. The van der Waals surface area contributed by atoms with Gasteiger partial charge in [0.25, 0.3) is 5.76 Å². The molecular weight excluding hydrogens is 246 g/mol. The quantitative estimate of drug-likeness (QED) is 0.818. The first-order chi connectivity index (χ1) is 8.11. The summed E-state index contributed by atoms with van der Waals surface area (Å²) in [6.45, 7) is 2.91. The van der Waals surface area contributed by atoms with Crippen molar-refractivity contribution in [3.05, 3.63) is 23.7 Å². The van der Waals surface area contributed by atoms with E-state index < -0.39 is 5.76 Å². The number of thioether (sulfide) groups is 1. The van der Waals surface area contributed by atoms with E-state index >= 15 is 0 Å². The van der Waals surface area contributed by atoms with E-state index in [0.717, 1.165) is 0 Å². The van der Waals surface area contributed by atoms with E-state index in [9.17, 15) is 8.78 Å². The van der Waals surface area contributed by atoms with Crippen LogP contribution in [0.1, 0.15) is 18.4 Å². The van der Waals surface area contributed by atoms with Crippen LogP contribution in [0.3, 0.4) is 0 Å². The van der Waals surface area contributed by atoms with Gasteiger partial charge in [-0.15, -0.1) is 0 Å². The molecule has 0 radical (unpaired) electrons. The molecule has 1 unspecified atom stereocenters. The molecule has 0 aliphatic rings. The first-order valence-corrected chi connectivity index (χ1v) is 6.24. The molecule has 1 rings (SSSR count). The molecule has 1 N–H and O–H groups in total. The number of rotatable bonds is 7. The maximum Gasteiger partial charge on any atom is 0.284 e. The van der Waals surface area contributed by atoms with Gasteiger partial charge >= 0.3 is 0 Å². The van der Waals surface area contributed by atoms with Gasteiger partial charge in [-0.3, -0.25) is 0 Å². The number of nitrogens with one attached hydrogen (secondary N) is 1. The van der Waals surface area contributed by atoms with Gasteiger partial charge < -0.3 is 9.73 Å². The molecule has 1 atom stereocenters. The smallest absolute Gasteiger partial charge is 0.284 e. The van der Waals surface area contributed by atoms with Crippen molar-refractivity contribution in [1.29, 1.82) is 5.26 Å². The fraction of sp³-hybridized carbons (Fsp3) is 0.545. The summed E-state index contributed by atoms with van der Waals surface area (Å²) in [4.78, 5) is 0. The Kier molecular flexibility index (Phi) is 6.01. The Morgan fingerprint density at radius 2 is 2.18 bits per heavy atom. The topological polar surface area (TPSA) is 49.0 Å². The third kappa shape index (κ3) is 5.71. The lowest BCUT2D eigenvalue weighted by molar-refractivity contribution is 0.251. The van der Waals surface area contributed by atoms with Crippen LogP contribution in [-0.2, 0) is 12.3 Å². The highest BCUT2D eigenvalue weighted by atomic mass is 32.2. The molecular formula is C11H14F2N2OS. The number of nitrogens with zero attached hydrogens (tertiary/aromatic N) is 1. The molecule has 0 aromatic carbocycles. The minimum atomic E-state index is -2.38. The van der Waals surface area contributed by atoms with Gasteiger partial charge in [0.2, 0.25) is 0 Å². The van der Waals surface area contributed by atoms with Crippen LogP contribution in [-0.4, -0.2) is 12.3 Å². The third-order valence-corrected chi connectivity index (χ3v) is 2.74. The number of furan rings is 1. The van der Waals surface area contributed by atoms with Gasteiger partial charge in [-0.05, 0) is 19.1 Å². The highest BCUT2D eigenvalue weighted by molar-refractivity contribution is 7.98. The average Bonchev–Trinajstić information content (AvgIpc) is 2.74. The number of nitriles is 1. The van der Waals surface area contributed by atoms with Crippen molar-refractivity contribution in [3.63, 3.8) is 0 Å². The lowest BCUT2D eigenvalue weighted by atomic mass is 10.2. The Hall–Kier alpha value is -1.06. The largest absolute Gasteiger partial charge is 0.464 e. The van der Waals surface area contributed by atoms with Gasteiger partial charge in [0.1, 0.15) is 11.5 Å². The second-order valence-electron chi connectivity index (χ2n) is 3.60. The molecule has 0 spiro atoms. The Labute approximate surface area is 103 Å². The molecule has 1 heterocycles. The summed E-state index contributed by atoms with van der Waals surface area (Å²) in [5.41, 5.74) is 0. The van der Waals surface area contributed by atoms with E-state index in [0.29, 0.717) is 36.4 Å². The second-order valence-corrected chi connectivity index (χ2v) is 4.58. The van der Waals surface area contributed by atoms with Gasteiger partial charge in [0.15, 0.2) is 0 Å². The molecule has 0 aliphatic heterocycles. The van der Waals surface area contributed by atoms with Crippen molar-refractivity contribution >= 4 is 11.8 Å². The van der Waals surface area contributed by atoms with Crippen molar-refractivity contribution in [2.75, 3.05) is 6.54 Å². The standard InChI is InChI=1S/C11H14F2N2OS/c1-8(4-14)5-15-6-9-2-3-10(16-9)7-17-11(12)13/h2-3,8,11,15H,5-7H2,1H3. The summed E-state index contributed by atoms with van der Waals surface area (Å²) in [6.07, 6.45) is 0. The molecule has 0 bridgehead atoms. The van der Waals surface area contributed by atoms with E-state index in [1.54, 1.807) is 12.1 Å².